The summed E-state index contributed by atoms with van der Waals surface area (Å²) >= 11 is 0. The number of benzene rings is 2. The molecule has 0 saturated carbocycles. The van der Waals surface area contributed by atoms with E-state index in [1.54, 1.807) is 24.3 Å². The van der Waals surface area contributed by atoms with Crippen LogP contribution in [0.25, 0.3) is 0 Å². The number of morpholine rings is 1. The molecule has 0 aromatic heterocycles. The molecule has 1 aliphatic rings. The molecule has 0 aliphatic carbocycles. The van der Waals surface area contributed by atoms with Gasteiger partial charge < -0.3 is 14.4 Å². The Hall–Kier alpha value is -1.93. The highest BCUT2D eigenvalue weighted by molar-refractivity contribution is 7.89. The first-order chi connectivity index (χ1) is 13.1. The van der Waals surface area contributed by atoms with E-state index in [1.165, 1.54) is 10.5 Å². The van der Waals surface area contributed by atoms with Crippen molar-refractivity contribution in [1.29, 1.82) is 0 Å². The van der Waals surface area contributed by atoms with Crippen molar-refractivity contribution in [2.24, 2.45) is 0 Å². The normalized spacial score (nSPS) is 15.6. The Morgan fingerprint density at radius 2 is 1.70 bits per heavy atom. The maximum absolute atomic E-state index is 12.6. The van der Waals surface area contributed by atoms with E-state index >= 15 is 0 Å². The van der Waals surface area contributed by atoms with E-state index in [2.05, 4.69) is 10.8 Å². The van der Waals surface area contributed by atoms with Crippen molar-refractivity contribution in [2.75, 3.05) is 32.9 Å². The maximum atomic E-state index is 12.6. The second kappa shape index (κ2) is 9.32. The van der Waals surface area contributed by atoms with Gasteiger partial charge in [0.25, 0.3) is 0 Å². The molecule has 3 rings (SSSR count). The van der Waals surface area contributed by atoms with Crippen LogP contribution in [0, 0.1) is 0 Å². The average Bonchev–Trinajstić information content (AvgIpc) is 2.69. The van der Waals surface area contributed by atoms with Gasteiger partial charge in [-0.25, -0.2) is 13.1 Å². The van der Waals surface area contributed by atoms with E-state index in [1.807, 2.05) is 25.1 Å². The minimum Gasteiger partial charge on any atom is -0.494 e. The Morgan fingerprint density at radius 3 is 2.37 bits per heavy atom. The molecule has 1 saturated heterocycles. The molecule has 146 valence electrons. The summed E-state index contributed by atoms with van der Waals surface area (Å²) in [5.41, 5.74) is 2.18. The first kappa shape index (κ1) is 19.8. The SMILES string of the molecule is CCOc1ccc(S(=O)(=O)NCc2ccccc2C[NH+]2CCOCC2)cc1. The summed E-state index contributed by atoms with van der Waals surface area (Å²) < 4.78 is 38.7. The molecule has 1 heterocycles. The molecule has 2 N–H and O–H groups in total. The van der Waals surface area contributed by atoms with Crippen LogP contribution in [0.4, 0.5) is 0 Å². The van der Waals surface area contributed by atoms with Crippen LogP contribution in [0.5, 0.6) is 5.75 Å². The molecule has 0 radical (unpaired) electrons. The molecule has 0 bridgehead atoms. The standard InChI is InChI=1S/C20H26N2O4S/c1-2-26-19-7-9-20(10-8-19)27(23,24)21-15-17-5-3-4-6-18(17)16-22-11-13-25-14-12-22/h3-10,21H,2,11-16H2,1H3/p+1. The van der Waals surface area contributed by atoms with Gasteiger partial charge in [0.05, 0.1) is 24.7 Å². The number of quaternary nitrogens is 1. The fourth-order valence-electron chi connectivity index (χ4n) is 3.15. The van der Waals surface area contributed by atoms with Gasteiger partial charge in [0, 0.05) is 12.1 Å². The van der Waals surface area contributed by atoms with Gasteiger partial charge in [-0.15, -0.1) is 0 Å². The van der Waals surface area contributed by atoms with Gasteiger partial charge in [-0.05, 0) is 36.8 Å². The number of nitrogens with one attached hydrogen (secondary N) is 2. The Bertz CT molecular complexity index is 831. The van der Waals surface area contributed by atoms with Crippen molar-refractivity contribution in [3.05, 3.63) is 59.7 Å². The molecule has 7 heteroatoms. The lowest BCUT2D eigenvalue weighted by Crippen LogP contribution is -3.12. The first-order valence-corrected chi connectivity index (χ1v) is 10.8. The molecule has 6 nitrogen and oxygen atoms in total. The lowest BCUT2D eigenvalue weighted by molar-refractivity contribution is -0.921. The number of ether oxygens (including phenoxy) is 2. The van der Waals surface area contributed by atoms with Crippen LogP contribution in [0.15, 0.2) is 53.4 Å². The van der Waals surface area contributed by atoms with Crippen molar-refractivity contribution in [1.82, 2.24) is 4.72 Å². The highest BCUT2D eigenvalue weighted by atomic mass is 32.2. The molecule has 0 amide bonds. The van der Waals surface area contributed by atoms with Gasteiger partial charge in [-0.3, -0.25) is 0 Å². The molecule has 2 aromatic carbocycles. The van der Waals surface area contributed by atoms with Gasteiger partial charge in [-0.1, -0.05) is 24.3 Å². The van der Waals surface area contributed by atoms with Gasteiger partial charge in [0.1, 0.15) is 25.4 Å². The molecule has 1 aliphatic heterocycles. The van der Waals surface area contributed by atoms with Crippen molar-refractivity contribution < 1.29 is 22.8 Å². The van der Waals surface area contributed by atoms with Crippen LogP contribution >= 0.6 is 0 Å². The third-order valence-electron chi connectivity index (χ3n) is 4.66. The monoisotopic (exact) mass is 391 g/mol. The summed E-state index contributed by atoms with van der Waals surface area (Å²) in [7, 11) is -3.57. The highest BCUT2D eigenvalue weighted by Gasteiger charge is 2.18. The van der Waals surface area contributed by atoms with E-state index in [9.17, 15) is 8.42 Å². The summed E-state index contributed by atoms with van der Waals surface area (Å²) in [6.07, 6.45) is 0. The first-order valence-electron chi connectivity index (χ1n) is 9.29. The van der Waals surface area contributed by atoms with E-state index in [0.717, 1.165) is 38.4 Å². The molecule has 27 heavy (non-hydrogen) atoms. The molecule has 1 fully saturated rings. The van der Waals surface area contributed by atoms with Gasteiger partial charge in [0.15, 0.2) is 0 Å². The van der Waals surface area contributed by atoms with Gasteiger partial charge in [-0.2, -0.15) is 0 Å². The van der Waals surface area contributed by atoms with Crippen LogP contribution in [0.1, 0.15) is 18.1 Å². The largest absolute Gasteiger partial charge is 0.494 e. The van der Waals surface area contributed by atoms with Crippen LogP contribution < -0.4 is 14.4 Å². The predicted molar refractivity (Wildman–Crippen MR) is 103 cm³/mol. The van der Waals surface area contributed by atoms with Crippen LogP contribution in [0.2, 0.25) is 0 Å². The third kappa shape index (κ3) is 5.52. The molecule has 0 spiro atoms. The summed E-state index contributed by atoms with van der Waals surface area (Å²) in [5, 5.41) is 0. The van der Waals surface area contributed by atoms with Crippen molar-refractivity contribution in [2.45, 2.75) is 24.9 Å². The van der Waals surface area contributed by atoms with Crippen LogP contribution in [-0.4, -0.2) is 41.3 Å². The molecular formula is C20H27N2O4S+. The van der Waals surface area contributed by atoms with Crippen LogP contribution in [0.3, 0.4) is 0 Å². The zero-order chi connectivity index (χ0) is 19.1. The zero-order valence-electron chi connectivity index (χ0n) is 15.6. The maximum Gasteiger partial charge on any atom is 0.240 e. The summed E-state index contributed by atoms with van der Waals surface area (Å²) in [4.78, 5) is 1.70. The quantitative estimate of drug-likeness (QED) is 0.704. The smallest absolute Gasteiger partial charge is 0.240 e. The number of sulfonamides is 1. The van der Waals surface area contributed by atoms with Crippen LogP contribution in [-0.2, 0) is 27.8 Å². The molecule has 0 atom stereocenters. The minimum absolute atomic E-state index is 0.238. The molecular weight excluding hydrogens is 364 g/mol. The molecule has 2 aromatic rings. The summed E-state index contributed by atoms with van der Waals surface area (Å²) in [6.45, 7) is 7.11. The van der Waals surface area contributed by atoms with E-state index in [0.29, 0.717) is 12.4 Å². The van der Waals surface area contributed by atoms with E-state index in [4.69, 9.17) is 9.47 Å². The van der Waals surface area contributed by atoms with E-state index in [-0.39, 0.29) is 11.4 Å². The second-order valence-corrected chi connectivity index (χ2v) is 8.30. The second-order valence-electron chi connectivity index (χ2n) is 6.54. The van der Waals surface area contributed by atoms with Gasteiger partial charge >= 0.3 is 0 Å². The lowest BCUT2D eigenvalue weighted by Gasteiger charge is -2.24. The van der Waals surface area contributed by atoms with Gasteiger partial charge in [0.2, 0.25) is 10.0 Å². The fraction of sp³-hybridized carbons (Fsp3) is 0.400. The lowest BCUT2D eigenvalue weighted by atomic mass is 10.1. The fourth-order valence-corrected chi connectivity index (χ4v) is 4.15. The number of rotatable bonds is 8. The number of hydrogen-bond acceptors (Lipinski definition) is 4. The topological polar surface area (TPSA) is 69.1 Å². The Labute approximate surface area is 161 Å². The molecule has 0 unspecified atom stereocenters. The zero-order valence-corrected chi connectivity index (χ0v) is 16.4. The number of hydrogen-bond donors (Lipinski definition) is 2. The summed E-state index contributed by atoms with van der Waals surface area (Å²) in [6, 6.07) is 14.5. The Morgan fingerprint density at radius 1 is 1.04 bits per heavy atom. The predicted octanol–water partition coefficient (Wildman–Crippen LogP) is 0.979. The third-order valence-corrected chi connectivity index (χ3v) is 6.07. The highest BCUT2D eigenvalue weighted by Crippen LogP contribution is 2.16. The minimum atomic E-state index is -3.57. The summed E-state index contributed by atoms with van der Waals surface area (Å²) in [5.74, 6) is 0.662. The van der Waals surface area contributed by atoms with E-state index < -0.39 is 10.0 Å². The van der Waals surface area contributed by atoms with Crippen molar-refractivity contribution in [3.8, 4) is 5.75 Å². The van der Waals surface area contributed by atoms with Crippen molar-refractivity contribution >= 4 is 10.0 Å². The average molecular weight is 392 g/mol. The Kier molecular flexibility index (Phi) is 6.84. The Balaban J connectivity index is 1.66. The van der Waals surface area contributed by atoms with Crippen molar-refractivity contribution in [3.63, 3.8) is 0 Å².